The average molecular weight is 427 g/mol. The van der Waals surface area contributed by atoms with Gasteiger partial charge in [0.1, 0.15) is 0 Å². The molecular weight excluding hydrogens is 412 g/mol. The summed E-state index contributed by atoms with van der Waals surface area (Å²) in [6.45, 7) is 2.12. The number of halogens is 3. The molecule has 5 heteroatoms. The molecule has 1 fully saturated rings. The zero-order valence-electron chi connectivity index (χ0n) is 9.40. The number of hydrogen-bond acceptors (Lipinski definition) is 2. The maximum atomic E-state index is 3.58. The van der Waals surface area contributed by atoms with Gasteiger partial charge in [-0.1, -0.05) is 22.4 Å². The smallest absolute Gasteiger partial charge is 0.0630 e. The molecule has 1 aliphatic heterocycles. The highest BCUT2D eigenvalue weighted by atomic mass is 79.9. The first-order valence-electron chi connectivity index (χ1n) is 5.78. The summed E-state index contributed by atoms with van der Waals surface area (Å²) in [5, 5.41) is 7.04. The molecule has 0 spiro atoms. The Hall–Kier alpha value is 0.420. The number of rotatable bonds is 3. The van der Waals surface area contributed by atoms with Crippen LogP contribution in [0.1, 0.15) is 19.3 Å². The lowest BCUT2D eigenvalue weighted by atomic mass is 10.1. The van der Waals surface area contributed by atoms with Gasteiger partial charge in [-0.3, -0.25) is 0 Å². The van der Waals surface area contributed by atoms with Crippen LogP contribution in [0.25, 0.3) is 0 Å². The van der Waals surface area contributed by atoms with Crippen LogP contribution >= 0.6 is 47.8 Å². The van der Waals surface area contributed by atoms with Gasteiger partial charge in [0.2, 0.25) is 0 Å². The maximum absolute atomic E-state index is 3.58. The lowest BCUT2D eigenvalue weighted by Crippen LogP contribution is -2.39. The zero-order valence-corrected chi connectivity index (χ0v) is 14.2. The van der Waals surface area contributed by atoms with E-state index in [1.165, 1.54) is 19.3 Å². The molecule has 0 aliphatic carbocycles. The van der Waals surface area contributed by atoms with E-state index in [-0.39, 0.29) is 0 Å². The highest BCUT2D eigenvalue weighted by molar-refractivity contribution is 9.11. The summed E-state index contributed by atoms with van der Waals surface area (Å²) in [4.78, 5) is 0. The van der Waals surface area contributed by atoms with E-state index in [2.05, 4.69) is 70.6 Å². The van der Waals surface area contributed by atoms with Crippen LogP contribution < -0.4 is 10.6 Å². The van der Waals surface area contributed by atoms with Crippen LogP contribution in [-0.2, 0) is 0 Å². The first-order valence-corrected chi connectivity index (χ1v) is 8.16. The fourth-order valence-corrected chi connectivity index (χ4v) is 4.57. The summed E-state index contributed by atoms with van der Waals surface area (Å²) in [6.07, 6.45) is 3.91. The third kappa shape index (κ3) is 3.94. The molecule has 94 valence electrons. The van der Waals surface area contributed by atoms with Gasteiger partial charge in [-0.05, 0) is 63.4 Å². The molecule has 0 radical (unpaired) electrons. The Bertz CT molecular complexity index is 366. The molecule has 0 bridgehead atoms. The Balaban J connectivity index is 1.98. The van der Waals surface area contributed by atoms with Crippen molar-refractivity contribution in [1.29, 1.82) is 0 Å². The van der Waals surface area contributed by atoms with Crippen molar-refractivity contribution in [2.45, 2.75) is 25.3 Å². The van der Waals surface area contributed by atoms with Crippen molar-refractivity contribution in [3.05, 3.63) is 25.6 Å². The fourth-order valence-electron chi connectivity index (χ4n) is 2.03. The third-order valence-electron chi connectivity index (χ3n) is 2.94. The Morgan fingerprint density at radius 2 is 1.88 bits per heavy atom. The number of benzene rings is 1. The monoisotopic (exact) mass is 424 g/mol. The van der Waals surface area contributed by atoms with Gasteiger partial charge >= 0.3 is 0 Å². The summed E-state index contributed by atoms with van der Waals surface area (Å²) < 4.78 is 3.22. The van der Waals surface area contributed by atoms with E-state index in [0.717, 1.165) is 32.2 Å². The molecule has 1 aromatic rings. The summed E-state index contributed by atoms with van der Waals surface area (Å²) in [6, 6.07) is 4.70. The van der Waals surface area contributed by atoms with E-state index >= 15 is 0 Å². The van der Waals surface area contributed by atoms with Gasteiger partial charge in [0.05, 0.1) is 5.69 Å². The van der Waals surface area contributed by atoms with Gasteiger partial charge in [-0.2, -0.15) is 0 Å². The summed E-state index contributed by atoms with van der Waals surface area (Å²) in [7, 11) is 0. The molecule has 2 N–H and O–H groups in total. The number of anilines is 1. The second-order valence-electron chi connectivity index (χ2n) is 4.27. The topological polar surface area (TPSA) is 24.1 Å². The van der Waals surface area contributed by atoms with Crippen LogP contribution in [0.4, 0.5) is 5.69 Å². The van der Waals surface area contributed by atoms with Crippen LogP contribution in [0, 0.1) is 0 Å². The molecule has 1 unspecified atom stereocenters. The normalized spacial score (nSPS) is 20.3. The first-order chi connectivity index (χ1) is 8.16. The lowest BCUT2D eigenvalue weighted by Gasteiger charge is -2.24. The quantitative estimate of drug-likeness (QED) is 0.742. The van der Waals surface area contributed by atoms with E-state index < -0.39 is 0 Å². The van der Waals surface area contributed by atoms with Crippen molar-refractivity contribution in [3.8, 4) is 0 Å². The molecule has 2 rings (SSSR count). The van der Waals surface area contributed by atoms with E-state index in [4.69, 9.17) is 0 Å². The average Bonchev–Trinajstić information content (AvgIpc) is 2.29. The highest BCUT2D eigenvalue weighted by Crippen LogP contribution is 2.34. The molecule has 0 aromatic heterocycles. The molecular formula is C12H15Br3N2. The number of piperidine rings is 1. The number of nitrogens with one attached hydrogen (secondary N) is 2. The molecule has 1 saturated heterocycles. The Morgan fingerprint density at radius 1 is 1.18 bits per heavy atom. The van der Waals surface area contributed by atoms with Crippen molar-refractivity contribution in [1.82, 2.24) is 5.32 Å². The van der Waals surface area contributed by atoms with E-state index in [1.807, 2.05) is 0 Å². The Morgan fingerprint density at radius 3 is 2.47 bits per heavy atom. The van der Waals surface area contributed by atoms with E-state index in [9.17, 15) is 0 Å². The summed E-state index contributed by atoms with van der Waals surface area (Å²) in [5.74, 6) is 0. The van der Waals surface area contributed by atoms with Crippen molar-refractivity contribution in [3.63, 3.8) is 0 Å². The van der Waals surface area contributed by atoms with Gasteiger partial charge in [-0.15, -0.1) is 0 Å². The minimum atomic E-state index is 0.589. The van der Waals surface area contributed by atoms with Crippen molar-refractivity contribution < 1.29 is 0 Å². The second kappa shape index (κ2) is 6.55. The van der Waals surface area contributed by atoms with Gasteiger partial charge in [-0.25, -0.2) is 0 Å². The first kappa shape index (κ1) is 13.8. The molecule has 17 heavy (non-hydrogen) atoms. The molecule has 0 amide bonds. The van der Waals surface area contributed by atoms with Crippen molar-refractivity contribution in [2.24, 2.45) is 0 Å². The molecule has 1 aliphatic rings. The maximum Gasteiger partial charge on any atom is 0.0630 e. The summed E-state index contributed by atoms with van der Waals surface area (Å²) >= 11 is 10.6. The van der Waals surface area contributed by atoms with Gasteiger partial charge in [0.15, 0.2) is 0 Å². The largest absolute Gasteiger partial charge is 0.382 e. The minimum Gasteiger partial charge on any atom is -0.382 e. The van der Waals surface area contributed by atoms with E-state index in [1.54, 1.807) is 0 Å². The molecule has 1 heterocycles. The number of hydrogen-bond donors (Lipinski definition) is 2. The molecule has 0 saturated carbocycles. The van der Waals surface area contributed by atoms with E-state index in [0.29, 0.717) is 6.04 Å². The second-order valence-corrected chi connectivity index (χ2v) is 6.90. The van der Waals surface area contributed by atoms with Crippen LogP contribution in [0.3, 0.4) is 0 Å². The van der Waals surface area contributed by atoms with Gasteiger partial charge in [0.25, 0.3) is 0 Å². The Labute approximate surface area is 127 Å². The molecule has 2 nitrogen and oxygen atoms in total. The van der Waals surface area contributed by atoms with Crippen molar-refractivity contribution in [2.75, 3.05) is 18.4 Å². The van der Waals surface area contributed by atoms with Gasteiger partial charge < -0.3 is 10.6 Å². The predicted molar refractivity (Wildman–Crippen MR) is 83.7 cm³/mol. The SMILES string of the molecule is Brc1cc(Br)c(NCC2CCCCN2)c(Br)c1. The highest BCUT2D eigenvalue weighted by Gasteiger charge is 2.13. The zero-order chi connectivity index (χ0) is 12.3. The van der Waals surface area contributed by atoms with Crippen LogP contribution in [0.15, 0.2) is 25.6 Å². The predicted octanol–water partition coefficient (Wildman–Crippen LogP) is 4.53. The van der Waals surface area contributed by atoms with Crippen LogP contribution in [0.5, 0.6) is 0 Å². The lowest BCUT2D eigenvalue weighted by molar-refractivity contribution is 0.414. The van der Waals surface area contributed by atoms with Crippen molar-refractivity contribution >= 4 is 53.5 Å². The fraction of sp³-hybridized carbons (Fsp3) is 0.500. The molecule has 1 atom stereocenters. The summed E-state index contributed by atoms with van der Waals surface area (Å²) in [5.41, 5.74) is 1.13. The minimum absolute atomic E-state index is 0.589. The molecule has 1 aromatic carbocycles. The Kier molecular flexibility index (Phi) is 5.33. The van der Waals surface area contributed by atoms with Gasteiger partial charge in [0, 0.05) is 26.0 Å². The standard InChI is InChI=1S/C12H15Br3N2/c13-8-5-10(14)12(11(15)6-8)17-7-9-3-1-2-4-16-9/h5-6,9,16-17H,1-4,7H2. The van der Waals surface area contributed by atoms with Crippen LogP contribution in [0.2, 0.25) is 0 Å². The van der Waals surface area contributed by atoms with Crippen LogP contribution in [-0.4, -0.2) is 19.1 Å². The third-order valence-corrected chi connectivity index (χ3v) is 4.65.